The summed E-state index contributed by atoms with van der Waals surface area (Å²) >= 11 is 0. The SMILES string of the molecule is CCCCCCCCCCCCN(CCCCCCCCCCCC)CCC(C)(O)NCCCCCCCCC. The molecule has 0 aliphatic rings. The summed E-state index contributed by atoms with van der Waals surface area (Å²) in [6, 6.07) is 0. The van der Waals surface area contributed by atoms with E-state index in [0.717, 1.165) is 19.5 Å². The summed E-state index contributed by atoms with van der Waals surface area (Å²) < 4.78 is 0. The first-order chi connectivity index (χ1) is 19.6. The number of rotatable bonds is 34. The summed E-state index contributed by atoms with van der Waals surface area (Å²) in [4.78, 5) is 2.67. The van der Waals surface area contributed by atoms with E-state index in [2.05, 4.69) is 31.0 Å². The van der Waals surface area contributed by atoms with Gasteiger partial charge in [-0.3, -0.25) is 5.32 Å². The van der Waals surface area contributed by atoms with Gasteiger partial charge in [0.05, 0.1) is 0 Å². The molecule has 242 valence electrons. The van der Waals surface area contributed by atoms with Crippen molar-refractivity contribution in [3.63, 3.8) is 0 Å². The number of hydrogen-bond acceptors (Lipinski definition) is 3. The summed E-state index contributed by atoms with van der Waals surface area (Å²) in [5.74, 6) is 0. The van der Waals surface area contributed by atoms with E-state index < -0.39 is 5.72 Å². The first kappa shape index (κ1) is 39.9. The summed E-state index contributed by atoms with van der Waals surface area (Å²) in [5.41, 5.74) is -0.740. The van der Waals surface area contributed by atoms with Crippen LogP contribution in [0.4, 0.5) is 0 Å². The minimum absolute atomic E-state index is 0.740. The van der Waals surface area contributed by atoms with Crippen molar-refractivity contribution in [2.75, 3.05) is 26.2 Å². The molecule has 0 saturated carbocycles. The van der Waals surface area contributed by atoms with Crippen molar-refractivity contribution in [2.24, 2.45) is 0 Å². The molecule has 0 aromatic heterocycles. The van der Waals surface area contributed by atoms with E-state index in [1.165, 1.54) is 186 Å². The zero-order valence-electron chi connectivity index (χ0n) is 28.5. The second-order valence-electron chi connectivity index (χ2n) is 13.3. The van der Waals surface area contributed by atoms with Gasteiger partial charge in [0.1, 0.15) is 5.72 Å². The highest BCUT2D eigenvalue weighted by Gasteiger charge is 2.20. The monoisotopic (exact) mass is 567 g/mol. The lowest BCUT2D eigenvalue weighted by molar-refractivity contribution is 0.00616. The lowest BCUT2D eigenvalue weighted by Crippen LogP contribution is -2.45. The molecule has 0 aliphatic heterocycles. The van der Waals surface area contributed by atoms with Gasteiger partial charge in [0, 0.05) is 13.0 Å². The van der Waals surface area contributed by atoms with Crippen LogP contribution in [0.2, 0.25) is 0 Å². The van der Waals surface area contributed by atoms with Gasteiger partial charge in [0.2, 0.25) is 0 Å². The molecule has 0 aliphatic carbocycles. The minimum atomic E-state index is -0.740. The van der Waals surface area contributed by atoms with Crippen molar-refractivity contribution in [3.8, 4) is 0 Å². The molecule has 1 unspecified atom stereocenters. The third-order valence-corrected chi connectivity index (χ3v) is 8.86. The average Bonchev–Trinajstić information content (AvgIpc) is 2.94. The second kappa shape index (κ2) is 31.8. The molecular weight excluding hydrogens is 488 g/mol. The standard InChI is InChI=1S/C37H78N2O/c1-5-8-11-14-17-19-21-24-27-30-34-39(35-31-28-25-22-20-18-15-12-9-6-2)36-32-37(4,40)38-33-29-26-23-16-13-10-7-3/h38,40H,5-36H2,1-4H3. The molecule has 1 atom stereocenters. The Balaban J connectivity index is 4.17. The maximum Gasteiger partial charge on any atom is 0.114 e. The lowest BCUT2D eigenvalue weighted by atomic mass is 10.1. The van der Waals surface area contributed by atoms with E-state index in [4.69, 9.17) is 0 Å². The van der Waals surface area contributed by atoms with Gasteiger partial charge in [-0.05, 0) is 45.8 Å². The van der Waals surface area contributed by atoms with Crippen LogP contribution in [0.1, 0.15) is 207 Å². The van der Waals surface area contributed by atoms with Crippen LogP contribution in [-0.4, -0.2) is 41.9 Å². The molecule has 0 aromatic carbocycles. The highest BCUT2D eigenvalue weighted by atomic mass is 16.3. The van der Waals surface area contributed by atoms with Crippen LogP contribution in [0.3, 0.4) is 0 Å². The first-order valence-corrected chi connectivity index (χ1v) is 18.8. The van der Waals surface area contributed by atoms with Crippen molar-refractivity contribution < 1.29 is 5.11 Å². The summed E-state index contributed by atoms with van der Waals surface area (Å²) in [7, 11) is 0. The second-order valence-corrected chi connectivity index (χ2v) is 13.3. The lowest BCUT2D eigenvalue weighted by Gasteiger charge is -2.29. The quantitative estimate of drug-likeness (QED) is 0.0600. The molecule has 0 radical (unpaired) electrons. The van der Waals surface area contributed by atoms with Crippen molar-refractivity contribution in [2.45, 2.75) is 213 Å². The van der Waals surface area contributed by atoms with Gasteiger partial charge in [-0.25, -0.2) is 0 Å². The van der Waals surface area contributed by atoms with E-state index in [-0.39, 0.29) is 0 Å². The topological polar surface area (TPSA) is 35.5 Å². The maximum absolute atomic E-state index is 11.0. The Kier molecular flexibility index (Phi) is 31.7. The molecule has 0 rings (SSSR count). The highest BCUT2D eigenvalue weighted by molar-refractivity contribution is 4.73. The predicted octanol–water partition coefficient (Wildman–Crippen LogP) is 11.6. The third-order valence-electron chi connectivity index (χ3n) is 8.86. The Labute approximate surface area is 254 Å². The van der Waals surface area contributed by atoms with E-state index in [1.807, 2.05) is 6.92 Å². The van der Waals surface area contributed by atoms with Gasteiger partial charge in [-0.1, -0.05) is 175 Å². The molecule has 40 heavy (non-hydrogen) atoms. The van der Waals surface area contributed by atoms with Gasteiger partial charge >= 0.3 is 0 Å². The van der Waals surface area contributed by atoms with Crippen molar-refractivity contribution in [1.29, 1.82) is 0 Å². The normalized spacial score (nSPS) is 13.3. The zero-order chi connectivity index (χ0) is 29.4. The Morgan fingerprint density at radius 2 is 0.725 bits per heavy atom. The number of hydrogen-bond donors (Lipinski definition) is 2. The van der Waals surface area contributed by atoms with Crippen molar-refractivity contribution in [1.82, 2.24) is 10.2 Å². The molecule has 3 heteroatoms. The molecular formula is C37H78N2O. The summed E-state index contributed by atoms with van der Waals surface area (Å²) in [6.07, 6.45) is 38.1. The number of nitrogens with zero attached hydrogens (tertiary/aromatic N) is 1. The maximum atomic E-state index is 11.0. The molecule has 0 bridgehead atoms. The van der Waals surface area contributed by atoms with Crippen molar-refractivity contribution in [3.05, 3.63) is 0 Å². The minimum Gasteiger partial charge on any atom is -0.376 e. The Hall–Kier alpha value is -0.120. The van der Waals surface area contributed by atoms with Crippen molar-refractivity contribution >= 4 is 0 Å². The van der Waals surface area contributed by atoms with E-state index in [0.29, 0.717) is 0 Å². The number of aliphatic hydroxyl groups is 1. The number of nitrogens with one attached hydrogen (secondary N) is 1. The molecule has 0 amide bonds. The van der Waals surface area contributed by atoms with Gasteiger partial charge in [-0.15, -0.1) is 0 Å². The number of unbranched alkanes of at least 4 members (excludes halogenated alkanes) is 24. The van der Waals surface area contributed by atoms with E-state index >= 15 is 0 Å². The predicted molar refractivity (Wildman–Crippen MR) is 181 cm³/mol. The van der Waals surface area contributed by atoms with Crippen LogP contribution in [0, 0.1) is 0 Å². The molecule has 0 saturated heterocycles. The molecule has 0 spiro atoms. The largest absolute Gasteiger partial charge is 0.376 e. The van der Waals surface area contributed by atoms with Crippen LogP contribution in [-0.2, 0) is 0 Å². The smallest absolute Gasteiger partial charge is 0.114 e. The van der Waals surface area contributed by atoms with Gasteiger partial charge in [0.25, 0.3) is 0 Å². The fourth-order valence-electron chi connectivity index (χ4n) is 5.89. The molecule has 0 aromatic rings. The van der Waals surface area contributed by atoms with E-state index in [1.54, 1.807) is 0 Å². The van der Waals surface area contributed by atoms with Crippen LogP contribution >= 0.6 is 0 Å². The van der Waals surface area contributed by atoms with Gasteiger partial charge in [0.15, 0.2) is 0 Å². The highest BCUT2D eigenvalue weighted by Crippen LogP contribution is 2.15. The fourth-order valence-corrected chi connectivity index (χ4v) is 5.89. The summed E-state index contributed by atoms with van der Waals surface area (Å²) in [6.45, 7) is 13.3. The Morgan fingerprint density at radius 1 is 0.425 bits per heavy atom. The molecule has 0 heterocycles. The van der Waals surface area contributed by atoms with Crippen LogP contribution in [0.15, 0.2) is 0 Å². The third kappa shape index (κ3) is 30.8. The molecule has 3 nitrogen and oxygen atoms in total. The average molecular weight is 567 g/mol. The van der Waals surface area contributed by atoms with Gasteiger partial charge < -0.3 is 10.0 Å². The molecule has 0 fully saturated rings. The first-order valence-electron chi connectivity index (χ1n) is 18.8. The summed E-state index contributed by atoms with van der Waals surface area (Å²) in [5, 5.41) is 14.5. The fraction of sp³-hybridized carbons (Fsp3) is 1.00. The van der Waals surface area contributed by atoms with Crippen LogP contribution < -0.4 is 5.32 Å². The van der Waals surface area contributed by atoms with E-state index in [9.17, 15) is 5.11 Å². The van der Waals surface area contributed by atoms with Crippen LogP contribution in [0.25, 0.3) is 0 Å². The van der Waals surface area contributed by atoms with Gasteiger partial charge in [-0.2, -0.15) is 0 Å². The Bertz CT molecular complexity index is 443. The zero-order valence-corrected chi connectivity index (χ0v) is 28.5. The molecule has 2 N–H and O–H groups in total. The van der Waals surface area contributed by atoms with Crippen LogP contribution in [0.5, 0.6) is 0 Å². The Morgan fingerprint density at radius 3 is 1.07 bits per heavy atom.